The number of hydrogen-bond acceptors (Lipinski definition) is 1. The average molecular weight is 385 g/mol. The van der Waals surface area contributed by atoms with Gasteiger partial charge in [-0.05, 0) is 64.2 Å². The molecule has 0 radical (unpaired) electrons. The fraction of sp³-hybridized carbons (Fsp3) is 0.478. The third-order valence-corrected chi connectivity index (χ3v) is 11.1. The van der Waals surface area contributed by atoms with Gasteiger partial charge in [0.05, 0.1) is 0 Å². The molecule has 3 unspecified atom stereocenters. The number of benzene rings is 2. The highest BCUT2D eigenvalue weighted by Gasteiger charge is 2.50. The molecule has 1 nitrogen and oxygen atoms in total. The summed E-state index contributed by atoms with van der Waals surface area (Å²) in [4.78, 5) is 0. The Morgan fingerprint density at radius 3 is 1.88 bits per heavy atom. The first-order valence-electron chi connectivity index (χ1n) is 9.75. The van der Waals surface area contributed by atoms with E-state index in [-0.39, 0.29) is 5.16 Å². The molecule has 0 heterocycles. The first kappa shape index (κ1) is 19.7. The van der Waals surface area contributed by atoms with Crippen LogP contribution in [0.5, 0.6) is 0 Å². The summed E-state index contributed by atoms with van der Waals surface area (Å²) in [6.45, 7) is 8.84. The van der Waals surface area contributed by atoms with Gasteiger partial charge in [-0.15, -0.1) is 0 Å². The van der Waals surface area contributed by atoms with Gasteiger partial charge < -0.3 is 0 Å². The van der Waals surface area contributed by atoms with Crippen LogP contribution in [-0.2, 0) is 4.57 Å². The van der Waals surface area contributed by atoms with E-state index in [1.54, 1.807) is 0 Å². The monoisotopic (exact) mass is 385 g/mol. The smallest absolute Gasteiger partial charge is 0.0739 e. The maximum Gasteiger partial charge on any atom is 0.347 e. The molecule has 0 saturated heterocycles. The second kappa shape index (κ2) is 8.33. The molecule has 0 spiro atoms. The topological polar surface area (TPSA) is 17.1 Å². The van der Waals surface area contributed by atoms with Gasteiger partial charge in [-0.1, -0.05) is 72.2 Å². The standard InChI is InChI=1S/C23H31OP2/c1-18(21-16-11-17-22(21)26(24)23(2,3)4)25(19-12-7-5-8-13-19)20-14-9-6-10-15-20/h5-10,12-15,18,21-22H,11,16-17H2,1-4H3/q+1/t18-,21?,22?/m0/s1. The van der Waals surface area contributed by atoms with E-state index in [1.807, 2.05) is 0 Å². The lowest BCUT2D eigenvalue weighted by Crippen LogP contribution is -2.31. The molecule has 1 fully saturated rings. The molecular weight excluding hydrogens is 354 g/mol. The fourth-order valence-electron chi connectivity index (χ4n) is 4.31. The van der Waals surface area contributed by atoms with Crippen molar-refractivity contribution in [1.29, 1.82) is 0 Å². The lowest BCUT2D eigenvalue weighted by Gasteiger charge is -2.31. The maximum atomic E-state index is 13.2. The van der Waals surface area contributed by atoms with Crippen molar-refractivity contribution in [2.75, 3.05) is 0 Å². The molecule has 0 N–H and O–H groups in total. The van der Waals surface area contributed by atoms with Gasteiger partial charge in [0.1, 0.15) is 0 Å². The quantitative estimate of drug-likeness (QED) is 0.552. The third-order valence-electron chi connectivity index (χ3n) is 5.59. The van der Waals surface area contributed by atoms with Gasteiger partial charge in [0, 0.05) is 5.92 Å². The van der Waals surface area contributed by atoms with Crippen molar-refractivity contribution in [3.8, 4) is 0 Å². The van der Waals surface area contributed by atoms with E-state index in [0.29, 0.717) is 17.2 Å². The Kier molecular flexibility index (Phi) is 6.32. The van der Waals surface area contributed by atoms with E-state index in [2.05, 4.69) is 88.4 Å². The molecule has 26 heavy (non-hydrogen) atoms. The van der Waals surface area contributed by atoms with Crippen LogP contribution in [0.2, 0.25) is 0 Å². The van der Waals surface area contributed by atoms with Crippen LogP contribution in [0.15, 0.2) is 60.7 Å². The Labute approximate surface area is 161 Å². The van der Waals surface area contributed by atoms with Crippen LogP contribution in [0.3, 0.4) is 0 Å². The van der Waals surface area contributed by atoms with Crippen LogP contribution in [0.25, 0.3) is 0 Å². The lowest BCUT2D eigenvalue weighted by molar-refractivity contribution is 0.504. The highest BCUT2D eigenvalue weighted by atomic mass is 31.1. The molecule has 138 valence electrons. The van der Waals surface area contributed by atoms with Gasteiger partial charge in [-0.3, -0.25) is 0 Å². The molecule has 3 rings (SSSR count). The summed E-state index contributed by atoms with van der Waals surface area (Å²) in [5, 5.41) is 2.79. The number of rotatable bonds is 5. The normalized spacial score (nSPS) is 22.4. The summed E-state index contributed by atoms with van der Waals surface area (Å²) < 4.78 is 13.2. The molecule has 0 aliphatic heterocycles. The molecule has 1 aliphatic carbocycles. The highest BCUT2D eigenvalue weighted by molar-refractivity contribution is 7.73. The van der Waals surface area contributed by atoms with Crippen LogP contribution >= 0.6 is 15.7 Å². The summed E-state index contributed by atoms with van der Waals surface area (Å²) in [6.07, 6.45) is 3.58. The van der Waals surface area contributed by atoms with Gasteiger partial charge in [-0.2, -0.15) is 0 Å². The molecule has 2 aromatic carbocycles. The Morgan fingerprint density at radius 1 is 0.923 bits per heavy atom. The predicted molar refractivity (Wildman–Crippen MR) is 117 cm³/mol. The van der Waals surface area contributed by atoms with Crippen LogP contribution in [0, 0.1) is 5.92 Å². The molecule has 2 aromatic rings. The molecule has 0 bridgehead atoms. The molecule has 1 saturated carbocycles. The van der Waals surface area contributed by atoms with Gasteiger partial charge >= 0.3 is 7.80 Å². The van der Waals surface area contributed by atoms with Gasteiger partial charge in [0.15, 0.2) is 10.8 Å². The summed E-state index contributed by atoms with van der Waals surface area (Å²) >= 11 is 0. The summed E-state index contributed by atoms with van der Waals surface area (Å²) in [5.41, 5.74) is 0.918. The van der Waals surface area contributed by atoms with E-state index in [4.69, 9.17) is 0 Å². The SMILES string of the molecule is C[C@@H](C1CCCC1[P+](=O)C(C)(C)C)P(c1ccccc1)c1ccccc1. The van der Waals surface area contributed by atoms with Crippen molar-refractivity contribution in [2.24, 2.45) is 5.92 Å². The van der Waals surface area contributed by atoms with E-state index in [0.717, 1.165) is 6.42 Å². The van der Waals surface area contributed by atoms with E-state index < -0.39 is 15.7 Å². The largest absolute Gasteiger partial charge is 0.347 e. The molecule has 1 aliphatic rings. The zero-order valence-corrected chi connectivity index (χ0v) is 18.2. The van der Waals surface area contributed by atoms with Gasteiger partial charge in [0.25, 0.3) is 0 Å². The minimum Gasteiger partial charge on any atom is -0.0739 e. The highest BCUT2D eigenvalue weighted by Crippen LogP contribution is 2.56. The van der Waals surface area contributed by atoms with Crippen molar-refractivity contribution >= 4 is 26.3 Å². The number of hydrogen-bond donors (Lipinski definition) is 0. The second-order valence-corrected chi connectivity index (χ2v) is 13.7. The molecule has 3 heteroatoms. The predicted octanol–water partition coefficient (Wildman–Crippen LogP) is 6.30. The van der Waals surface area contributed by atoms with Gasteiger partial charge in [0.2, 0.25) is 0 Å². The first-order chi connectivity index (χ1) is 12.4. The third kappa shape index (κ3) is 4.27. The zero-order chi connectivity index (χ0) is 18.7. The van der Waals surface area contributed by atoms with E-state index >= 15 is 0 Å². The van der Waals surface area contributed by atoms with Crippen LogP contribution < -0.4 is 10.6 Å². The Bertz CT molecular complexity index is 681. The Hall–Kier alpha value is -1.03. The van der Waals surface area contributed by atoms with Gasteiger partial charge in [-0.25, -0.2) is 0 Å². The second-order valence-electron chi connectivity index (χ2n) is 8.44. The zero-order valence-electron chi connectivity index (χ0n) is 16.4. The van der Waals surface area contributed by atoms with E-state index in [9.17, 15) is 4.57 Å². The first-order valence-corrected chi connectivity index (χ1v) is 12.5. The Balaban J connectivity index is 1.95. The summed E-state index contributed by atoms with van der Waals surface area (Å²) in [6, 6.07) is 21.9. The van der Waals surface area contributed by atoms with Crippen molar-refractivity contribution in [3.05, 3.63) is 60.7 Å². The molecule has 0 amide bonds. The molecule has 4 atom stereocenters. The lowest BCUT2D eigenvalue weighted by atomic mass is 10.0. The summed E-state index contributed by atoms with van der Waals surface area (Å²) in [7, 11) is -1.64. The fourth-order valence-corrected chi connectivity index (χ4v) is 9.58. The molecule has 0 aromatic heterocycles. The van der Waals surface area contributed by atoms with E-state index in [1.165, 1.54) is 23.5 Å². The Morgan fingerprint density at radius 2 is 1.42 bits per heavy atom. The van der Waals surface area contributed by atoms with Crippen LogP contribution in [0.1, 0.15) is 47.0 Å². The van der Waals surface area contributed by atoms with Crippen molar-refractivity contribution < 1.29 is 4.57 Å². The molecular formula is C23H31OP2+. The van der Waals surface area contributed by atoms with Crippen LogP contribution in [-0.4, -0.2) is 16.5 Å². The van der Waals surface area contributed by atoms with Crippen molar-refractivity contribution in [2.45, 2.75) is 63.4 Å². The maximum absolute atomic E-state index is 13.2. The van der Waals surface area contributed by atoms with Crippen LogP contribution in [0.4, 0.5) is 0 Å². The van der Waals surface area contributed by atoms with Crippen molar-refractivity contribution in [3.63, 3.8) is 0 Å². The minimum absolute atomic E-state index is 0.0927. The summed E-state index contributed by atoms with van der Waals surface area (Å²) in [5.74, 6) is 0.560. The average Bonchev–Trinajstić information content (AvgIpc) is 3.12. The van der Waals surface area contributed by atoms with Crippen molar-refractivity contribution in [1.82, 2.24) is 0 Å². The minimum atomic E-state index is -1.20.